The zero-order valence-electron chi connectivity index (χ0n) is 9.11. The standard InChI is InChI=1S/C11H12N4O/c1-7-10(8(2)15-14-7)11(16)13-9-3-5-12-6-4-9/h3-6H,1-2H3,(H,14,15)(H,12,13,16). The number of anilines is 1. The van der Waals surface area contributed by atoms with Gasteiger partial charge in [-0.25, -0.2) is 0 Å². The topological polar surface area (TPSA) is 70.7 Å². The number of amides is 1. The molecule has 0 aliphatic heterocycles. The molecule has 0 fully saturated rings. The van der Waals surface area contributed by atoms with Crippen LogP contribution in [-0.2, 0) is 0 Å². The lowest BCUT2D eigenvalue weighted by Gasteiger charge is -2.04. The molecule has 0 saturated heterocycles. The molecule has 0 unspecified atom stereocenters. The SMILES string of the molecule is Cc1n[nH]c(C)c1C(=O)Nc1ccncc1. The first-order chi connectivity index (χ1) is 7.68. The van der Waals surface area contributed by atoms with Gasteiger partial charge in [0, 0.05) is 23.8 Å². The molecule has 0 spiro atoms. The highest BCUT2D eigenvalue weighted by atomic mass is 16.1. The van der Waals surface area contributed by atoms with Gasteiger partial charge >= 0.3 is 0 Å². The summed E-state index contributed by atoms with van der Waals surface area (Å²) in [6.45, 7) is 3.62. The van der Waals surface area contributed by atoms with Crippen molar-refractivity contribution in [3.8, 4) is 0 Å². The molecule has 1 amide bonds. The van der Waals surface area contributed by atoms with Gasteiger partial charge in [-0.1, -0.05) is 0 Å². The molecule has 2 heterocycles. The lowest BCUT2D eigenvalue weighted by Crippen LogP contribution is -2.13. The van der Waals surface area contributed by atoms with E-state index in [9.17, 15) is 4.79 Å². The second-order valence-electron chi connectivity index (χ2n) is 3.50. The summed E-state index contributed by atoms with van der Waals surface area (Å²) >= 11 is 0. The maximum Gasteiger partial charge on any atom is 0.259 e. The average molecular weight is 216 g/mol. The van der Waals surface area contributed by atoms with E-state index >= 15 is 0 Å². The van der Waals surface area contributed by atoms with E-state index in [0.29, 0.717) is 11.3 Å². The van der Waals surface area contributed by atoms with Gasteiger partial charge in [-0.05, 0) is 26.0 Å². The fraction of sp³-hybridized carbons (Fsp3) is 0.182. The van der Waals surface area contributed by atoms with Crippen LogP contribution in [0.25, 0.3) is 0 Å². The predicted molar refractivity (Wildman–Crippen MR) is 60.3 cm³/mol. The molecule has 0 aliphatic carbocycles. The number of pyridine rings is 1. The van der Waals surface area contributed by atoms with Gasteiger partial charge in [0.2, 0.25) is 0 Å². The van der Waals surface area contributed by atoms with Crippen LogP contribution in [0.15, 0.2) is 24.5 Å². The summed E-state index contributed by atoms with van der Waals surface area (Å²) in [6, 6.07) is 3.48. The van der Waals surface area contributed by atoms with Crippen molar-refractivity contribution in [3.63, 3.8) is 0 Å². The number of aryl methyl sites for hydroxylation is 2. The van der Waals surface area contributed by atoms with E-state index in [4.69, 9.17) is 0 Å². The van der Waals surface area contributed by atoms with Crippen molar-refractivity contribution in [1.29, 1.82) is 0 Å². The molecule has 0 radical (unpaired) electrons. The highest BCUT2D eigenvalue weighted by Gasteiger charge is 2.14. The van der Waals surface area contributed by atoms with Gasteiger partial charge < -0.3 is 5.32 Å². The van der Waals surface area contributed by atoms with Crippen molar-refractivity contribution in [1.82, 2.24) is 15.2 Å². The summed E-state index contributed by atoms with van der Waals surface area (Å²) in [5.41, 5.74) is 2.78. The lowest BCUT2D eigenvalue weighted by molar-refractivity contribution is 0.102. The normalized spacial score (nSPS) is 10.1. The first kappa shape index (κ1) is 10.4. The second-order valence-corrected chi connectivity index (χ2v) is 3.50. The molecule has 2 aromatic heterocycles. The zero-order chi connectivity index (χ0) is 11.5. The van der Waals surface area contributed by atoms with Gasteiger partial charge in [0.05, 0.1) is 11.3 Å². The number of H-pyrrole nitrogens is 1. The molecule has 2 rings (SSSR count). The van der Waals surface area contributed by atoms with Gasteiger partial charge in [-0.15, -0.1) is 0 Å². The molecule has 2 aromatic rings. The van der Waals surface area contributed by atoms with Crippen LogP contribution in [0, 0.1) is 13.8 Å². The minimum Gasteiger partial charge on any atom is -0.322 e. The first-order valence-electron chi connectivity index (χ1n) is 4.91. The van der Waals surface area contributed by atoms with Crippen LogP contribution < -0.4 is 5.32 Å². The van der Waals surface area contributed by atoms with E-state index in [1.165, 1.54) is 0 Å². The van der Waals surface area contributed by atoms with E-state index in [1.54, 1.807) is 31.5 Å². The third kappa shape index (κ3) is 1.93. The minimum atomic E-state index is -0.157. The molecule has 0 aromatic carbocycles. The Balaban J connectivity index is 2.22. The molecule has 82 valence electrons. The van der Waals surface area contributed by atoms with Gasteiger partial charge in [-0.3, -0.25) is 14.9 Å². The summed E-state index contributed by atoms with van der Waals surface area (Å²) < 4.78 is 0. The van der Waals surface area contributed by atoms with Crippen LogP contribution in [0.3, 0.4) is 0 Å². The van der Waals surface area contributed by atoms with Crippen molar-refractivity contribution >= 4 is 11.6 Å². The molecule has 5 nitrogen and oxygen atoms in total. The van der Waals surface area contributed by atoms with Crippen LogP contribution in [0.2, 0.25) is 0 Å². The number of aromatic amines is 1. The van der Waals surface area contributed by atoms with Gasteiger partial charge in [0.15, 0.2) is 0 Å². The minimum absolute atomic E-state index is 0.157. The fourth-order valence-corrected chi connectivity index (χ4v) is 1.51. The number of aromatic nitrogens is 3. The third-order valence-electron chi connectivity index (χ3n) is 2.29. The molecule has 0 bridgehead atoms. The second kappa shape index (κ2) is 4.14. The Morgan fingerprint density at radius 2 is 2.00 bits per heavy atom. The fourth-order valence-electron chi connectivity index (χ4n) is 1.51. The van der Waals surface area contributed by atoms with Gasteiger partial charge in [0.1, 0.15) is 0 Å². The van der Waals surface area contributed by atoms with Crippen LogP contribution in [0.5, 0.6) is 0 Å². The Kier molecular flexibility index (Phi) is 2.68. The van der Waals surface area contributed by atoms with Crippen molar-refractivity contribution < 1.29 is 4.79 Å². The summed E-state index contributed by atoms with van der Waals surface area (Å²) in [6.07, 6.45) is 3.26. The van der Waals surface area contributed by atoms with E-state index in [1.807, 2.05) is 6.92 Å². The van der Waals surface area contributed by atoms with E-state index in [0.717, 1.165) is 11.4 Å². The highest BCUT2D eigenvalue weighted by molar-refractivity contribution is 6.05. The number of carbonyl (C=O) groups excluding carboxylic acids is 1. The molecular formula is C11H12N4O. The summed E-state index contributed by atoms with van der Waals surface area (Å²) in [7, 11) is 0. The Bertz CT molecular complexity index is 484. The summed E-state index contributed by atoms with van der Waals surface area (Å²) in [5.74, 6) is -0.157. The smallest absolute Gasteiger partial charge is 0.259 e. The maximum atomic E-state index is 11.9. The Hall–Kier alpha value is -2.17. The summed E-state index contributed by atoms with van der Waals surface area (Å²) in [4.78, 5) is 15.8. The Morgan fingerprint density at radius 1 is 1.31 bits per heavy atom. The number of hydrogen-bond acceptors (Lipinski definition) is 3. The molecule has 5 heteroatoms. The largest absolute Gasteiger partial charge is 0.322 e. The number of nitrogens with zero attached hydrogens (tertiary/aromatic N) is 2. The van der Waals surface area contributed by atoms with E-state index < -0.39 is 0 Å². The molecule has 16 heavy (non-hydrogen) atoms. The monoisotopic (exact) mass is 216 g/mol. The van der Waals surface area contributed by atoms with Gasteiger partial charge in [-0.2, -0.15) is 5.10 Å². The first-order valence-corrected chi connectivity index (χ1v) is 4.91. The van der Waals surface area contributed by atoms with E-state index in [2.05, 4.69) is 20.5 Å². The van der Waals surface area contributed by atoms with Gasteiger partial charge in [0.25, 0.3) is 5.91 Å². The quantitative estimate of drug-likeness (QED) is 0.802. The molecule has 0 atom stereocenters. The molecule has 2 N–H and O–H groups in total. The number of hydrogen-bond donors (Lipinski definition) is 2. The number of rotatable bonds is 2. The van der Waals surface area contributed by atoms with E-state index in [-0.39, 0.29) is 5.91 Å². The van der Waals surface area contributed by atoms with Crippen molar-refractivity contribution in [2.75, 3.05) is 5.32 Å². The Morgan fingerprint density at radius 3 is 2.56 bits per heavy atom. The summed E-state index contributed by atoms with van der Waals surface area (Å²) in [5, 5.41) is 9.55. The zero-order valence-corrected chi connectivity index (χ0v) is 9.11. The van der Waals surface area contributed by atoms with Crippen LogP contribution in [-0.4, -0.2) is 21.1 Å². The average Bonchev–Trinajstić information content (AvgIpc) is 2.60. The Labute approximate surface area is 92.9 Å². The van der Waals surface area contributed by atoms with Crippen LogP contribution in [0.1, 0.15) is 21.7 Å². The third-order valence-corrected chi connectivity index (χ3v) is 2.29. The van der Waals surface area contributed by atoms with Crippen LogP contribution >= 0.6 is 0 Å². The van der Waals surface area contributed by atoms with Crippen molar-refractivity contribution in [3.05, 3.63) is 41.5 Å². The van der Waals surface area contributed by atoms with Crippen molar-refractivity contribution in [2.24, 2.45) is 0 Å². The number of nitrogens with one attached hydrogen (secondary N) is 2. The van der Waals surface area contributed by atoms with Crippen molar-refractivity contribution in [2.45, 2.75) is 13.8 Å². The molecule has 0 saturated carbocycles. The number of carbonyl (C=O) groups is 1. The molecular weight excluding hydrogens is 204 g/mol. The van der Waals surface area contributed by atoms with Crippen LogP contribution in [0.4, 0.5) is 5.69 Å². The predicted octanol–water partition coefficient (Wildman–Crippen LogP) is 1.67. The molecule has 0 aliphatic rings. The lowest BCUT2D eigenvalue weighted by atomic mass is 10.2. The highest BCUT2D eigenvalue weighted by Crippen LogP contribution is 2.12. The maximum absolute atomic E-state index is 11.9.